The first kappa shape index (κ1) is 17.6. The van der Waals surface area contributed by atoms with Crippen molar-refractivity contribution in [1.82, 2.24) is 9.55 Å². The molecule has 1 aromatic carbocycles. The minimum Gasteiger partial charge on any atom is -0.458 e. The lowest BCUT2D eigenvalue weighted by atomic mass is 9.85. The highest BCUT2D eigenvalue weighted by atomic mass is 79.9. The van der Waals surface area contributed by atoms with Crippen LogP contribution in [-0.4, -0.2) is 23.6 Å². The van der Waals surface area contributed by atoms with E-state index >= 15 is 0 Å². The van der Waals surface area contributed by atoms with Crippen LogP contribution in [0.4, 0.5) is 0 Å². The molecule has 1 atom stereocenters. The molecule has 0 fully saturated rings. The normalized spacial score (nSPS) is 19.9. The van der Waals surface area contributed by atoms with Gasteiger partial charge in [-0.25, -0.2) is 9.78 Å². The summed E-state index contributed by atoms with van der Waals surface area (Å²) in [7, 11) is 5.50. The summed E-state index contributed by atoms with van der Waals surface area (Å²) >= 11 is 3.56. The Labute approximate surface area is 170 Å². The predicted octanol–water partition coefficient (Wildman–Crippen LogP) is 2.95. The molecule has 28 heavy (non-hydrogen) atoms. The summed E-state index contributed by atoms with van der Waals surface area (Å²) in [6, 6.07) is 9.65. The van der Waals surface area contributed by atoms with Crippen LogP contribution in [0.3, 0.4) is 0 Å². The van der Waals surface area contributed by atoms with Gasteiger partial charge in [0.2, 0.25) is 0 Å². The highest BCUT2D eigenvalue weighted by Crippen LogP contribution is 2.40. The Balaban J connectivity index is 1.81. The van der Waals surface area contributed by atoms with Crippen LogP contribution in [0.15, 0.2) is 39.6 Å². The zero-order valence-corrected chi connectivity index (χ0v) is 16.6. The van der Waals surface area contributed by atoms with Gasteiger partial charge in [-0.15, -0.1) is 0 Å². The molecule has 0 unspecified atom stereocenters. The molecule has 5 rings (SSSR count). The topological polar surface area (TPSA) is 70.4 Å². The number of cyclic esters (lactones) is 1. The zero-order chi connectivity index (χ0) is 19.6. The number of hydrogen-bond acceptors (Lipinski definition) is 5. The van der Waals surface area contributed by atoms with Crippen LogP contribution in [0.25, 0.3) is 22.3 Å². The third kappa shape index (κ3) is 2.16. The highest BCUT2D eigenvalue weighted by molar-refractivity contribution is 9.10. The Hall–Kier alpha value is -2.45. The number of fused-ring (bicyclic) bond motifs is 5. The van der Waals surface area contributed by atoms with E-state index < -0.39 is 11.6 Å². The van der Waals surface area contributed by atoms with Crippen LogP contribution in [0.2, 0.25) is 0 Å². The van der Waals surface area contributed by atoms with Gasteiger partial charge >= 0.3 is 5.97 Å². The summed E-state index contributed by atoms with van der Waals surface area (Å²) in [4.78, 5) is 30.4. The van der Waals surface area contributed by atoms with E-state index in [9.17, 15) is 9.59 Å². The van der Waals surface area contributed by atoms with Crippen LogP contribution in [-0.2, 0) is 32.9 Å². The smallest absolute Gasteiger partial charge is 0.341 e. The number of ether oxygens (including phenoxy) is 1. The molecule has 4 heterocycles. The summed E-state index contributed by atoms with van der Waals surface area (Å²) in [5.74, 6) is -0.581. The molecule has 0 N–H and O–H groups in total. The molecular weight excluding hydrogens is 423 g/mol. The van der Waals surface area contributed by atoms with E-state index in [1.165, 1.54) is 0 Å². The first-order chi connectivity index (χ1) is 13.5. The second-order valence-electron chi connectivity index (χ2n) is 6.99. The Morgan fingerprint density at radius 1 is 1.36 bits per heavy atom. The maximum atomic E-state index is 13.2. The van der Waals surface area contributed by atoms with Crippen molar-refractivity contribution >= 4 is 40.9 Å². The van der Waals surface area contributed by atoms with E-state index in [0.717, 1.165) is 26.6 Å². The van der Waals surface area contributed by atoms with E-state index in [2.05, 4.69) is 15.9 Å². The van der Waals surface area contributed by atoms with Crippen LogP contribution in [0, 0.1) is 0 Å². The second-order valence-corrected chi connectivity index (χ2v) is 7.84. The van der Waals surface area contributed by atoms with E-state index in [1.807, 2.05) is 24.3 Å². The van der Waals surface area contributed by atoms with Gasteiger partial charge in [0, 0.05) is 21.0 Å². The molecule has 0 amide bonds. The number of rotatable bonds is 2. The van der Waals surface area contributed by atoms with Crippen molar-refractivity contribution in [2.24, 2.45) is 0 Å². The van der Waals surface area contributed by atoms with Gasteiger partial charge in [-0.2, -0.15) is 0 Å². The molecule has 0 aliphatic carbocycles. The number of halogens is 1. The van der Waals surface area contributed by atoms with E-state index in [-0.39, 0.29) is 18.6 Å². The van der Waals surface area contributed by atoms with Gasteiger partial charge in [-0.3, -0.25) is 4.79 Å². The lowest BCUT2D eigenvalue weighted by Gasteiger charge is -2.35. The number of esters is 1. The summed E-state index contributed by atoms with van der Waals surface area (Å²) < 4.78 is 12.9. The van der Waals surface area contributed by atoms with Gasteiger partial charge in [0.1, 0.15) is 6.61 Å². The van der Waals surface area contributed by atoms with E-state index in [4.69, 9.17) is 22.4 Å². The molecule has 0 bridgehead atoms. The summed E-state index contributed by atoms with van der Waals surface area (Å²) in [6.45, 7) is 2.10. The van der Waals surface area contributed by atoms with Gasteiger partial charge < -0.3 is 14.0 Å². The van der Waals surface area contributed by atoms with E-state index in [1.54, 1.807) is 17.6 Å². The number of carbonyl (C=O) groups excluding carboxylic acids is 1. The van der Waals surface area contributed by atoms with Crippen LogP contribution in [0.1, 0.15) is 30.0 Å². The van der Waals surface area contributed by atoms with Crippen LogP contribution < -0.4 is 5.56 Å². The fourth-order valence-electron chi connectivity index (χ4n) is 4.15. The van der Waals surface area contributed by atoms with Crippen molar-refractivity contribution < 1.29 is 14.2 Å². The lowest BCUT2D eigenvalue weighted by Crippen LogP contribution is -2.46. The quantitative estimate of drug-likeness (QED) is 0.357. The maximum Gasteiger partial charge on any atom is 0.341 e. The van der Waals surface area contributed by atoms with Crippen molar-refractivity contribution in [2.75, 3.05) is 0 Å². The largest absolute Gasteiger partial charge is 0.458 e. The summed E-state index contributed by atoms with van der Waals surface area (Å²) in [5.41, 5.74) is 2.33. The number of nitrogens with zero attached hydrogens (tertiary/aromatic N) is 2. The zero-order valence-electron chi connectivity index (χ0n) is 15.0. The molecule has 8 heteroatoms. The van der Waals surface area contributed by atoms with Crippen molar-refractivity contribution in [1.29, 1.82) is 0 Å². The molecule has 6 nitrogen and oxygen atoms in total. The molecule has 2 radical (unpaired) electrons. The van der Waals surface area contributed by atoms with Crippen LogP contribution in [0.5, 0.6) is 0 Å². The third-order valence-corrected chi connectivity index (χ3v) is 6.36. The van der Waals surface area contributed by atoms with Crippen molar-refractivity contribution in [3.63, 3.8) is 0 Å². The maximum absolute atomic E-state index is 13.2. The van der Waals surface area contributed by atoms with Crippen molar-refractivity contribution in [3.05, 3.63) is 61.8 Å². The Kier molecular flexibility index (Phi) is 3.80. The fourth-order valence-corrected chi connectivity index (χ4v) is 4.62. The SMILES string of the molecule is [B]O[C@]1(CC)C(=O)OCc2c1cc1n(c2=O)Cc2cc3c(Br)cccc3nc2-1. The molecule has 0 saturated carbocycles. The molecular formula is C20H14BBrN2O4. The Morgan fingerprint density at radius 3 is 2.93 bits per heavy atom. The van der Waals surface area contributed by atoms with Crippen molar-refractivity contribution in [3.8, 4) is 11.4 Å². The number of benzene rings is 1. The molecule has 2 aliphatic rings. The van der Waals surface area contributed by atoms with Crippen molar-refractivity contribution in [2.45, 2.75) is 32.1 Å². The molecule has 0 saturated heterocycles. The third-order valence-electron chi connectivity index (χ3n) is 5.67. The average molecular weight is 437 g/mol. The first-order valence-corrected chi connectivity index (χ1v) is 9.70. The number of carbonyl (C=O) groups is 1. The minimum absolute atomic E-state index is 0.0876. The van der Waals surface area contributed by atoms with Crippen LogP contribution >= 0.6 is 15.9 Å². The molecule has 2 aromatic heterocycles. The number of hydrogen-bond donors (Lipinski definition) is 0. The van der Waals surface area contributed by atoms with Gasteiger partial charge in [0.25, 0.3) is 13.6 Å². The summed E-state index contributed by atoms with van der Waals surface area (Å²) in [6.07, 6.45) is 0.253. The lowest BCUT2D eigenvalue weighted by molar-refractivity contribution is -0.168. The average Bonchev–Trinajstić information content (AvgIpc) is 3.06. The van der Waals surface area contributed by atoms with Gasteiger partial charge in [-0.1, -0.05) is 28.9 Å². The van der Waals surface area contributed by atoms with E-state index in [0.29, 0.717) is 23.4 Å². The minimum atomic E-state index is -1.48. The molecule has 138 valence electrons. The molecule has 2 aliphatic heterocycles. The monoisotopic (exact) mass is 436 g/mol. The highest BCUT2D eigenvalue weighted by Gasteiger charge is 2.46. The Morgan fingerprint density at radius 2 is 2.18 bits per heavy atom. The number of aromatic nitrogens is 2. The van der Waals surface area contributed by atoms with Gasteiger partial charge in [-0.05, 0) is 30.7 Å². The first-order valence-electron chi connectivity index (χ1n) is 8.91. The fraction of sp³-hybridized carbons (Fsp3) is 0.250. The molecule has 3 aromatic rings. The Bertz CT molecular complexity index is 1230. The predicted molar refractivity (Wildman–Crippen MR) is 107 cm³/mol. The standard InChI is InChI=1S/C20H14BBrN2O4/c1-2-20(28-21)13-7-16-17-10(6-11-14(22)4-3-5-15(11)23-17)8-24(16)18(25)12(13)9-27-19(20)26/h3-7H,2,8-9H2,1H3/t20-/m0/s1. The van der Waals surface area contributed by atoms with Gasteiger partial charge in [0.05, 0.1) is 29.0 Å². The number of pyridine rings is 2. The molecule has 0 spiro atoms. The van der Waals surface area contributed by atoms with Gasteiger partial charge in [0.15, 0.2) is 5.60 Å². The second kappa shape index (κ2) is 6.02. The summed E-state index contributed by atoms with van der Waals surface area (Å²) in [5, 5.41) is 0.985.